The van der Waals surface area contributed by atoms with Crippen LogP contribution in [-0.4, -0.2) is 22.2 Å². The van der Waals surface area contributed by atoms with Crippen molar-refractivity contribution in [2.45, 2.75) is 43.0 Å². The summed E-state index contributed by atoms with van der Waals surface area (Å²) in [7, 11) is 0. The van der Waals surface area contributed by atoms with Gasteiger partial charge in [0.1, 0.15) is 0 Å². The summed E-state index contributed by atoms with van der Waals surface area (Å²) < 4.78 is 0.294. The third kappa shape index (κ3) is 1.57. The van der Waals surface area contributed by atoms with E-state index in [0.29, 0.717) is 4.75 Å². The Labute approximate surface area is 72.6 Å². The van der Waals surface area contributed by atoms with Gasteiger partial charge in [0.05, 0.1) is 6.10 Å². The fraction of sp³-hybridized carbons (Fsp3) is 1.00. The molecule has 2 fully saturated rings. The first-order valence-electron chi connectivity index (χ1n) is 4.50. The van der Waals surface area contributed by atoms with Gasteiger partial charge < -0.3 is 5.11 Å². The highest BCUT2D eigenvalue weighted by atomic mass is 32.2. The third-order valence-corrected chi connectivity index (χ3v) is 4.50. The number of aliphatic hydroxyl groups is 1. The van der Waals surface area contributed by atoms with Crippen LogP contribution in [0.4, 0.5) is 0 Å². The van der Waals surface area contributed by atoms with Gasteiger partial charge in [-0.25, -0.2) is 0 Å². The molecule has 0 amide bonds. The van der Waals surface area contributed by atoms with Gasteiger partial charge in [-0.05, 0) is 31.4 Å². The average Bonchev–Trinajstić information content (AvgIpc) is 2.84. The normalized spacial score (nSPS) is 30.0. The van der Waals surface area contributed by atoms with E-state index < -0.39 is 0 Å². The molecule has 1 nitrogen and oxygen atoms in total. The smallest absolute Gasteiger partial charge is 0.0689 e. The number of hydrogen-bond donors (Lipinski definition) is 1. The maximum Gasteiger partial charge on any atom is 0.0689 e. The van der Waals surface area contributed by atoms with Crippen LogP contribution in [0.5, 0.6) is 0 Å². The predicted octanol–water partition coefficient (Wildman–Crippen LogP) is 2.04. The number of hydrogen-bond acceptors (Lipinski definition) is 2. The molecule has 2 saturated carbocycles. The third-order valence-electron chi connectivity index (χ3n) is 3.01. The Balaban J connectivity index is 1.82. The minimum absolute atomic E-state index is 0.00926. The lowest BCUT2D eigenvalue weighted by atomic mass is 10.1. The zero-order chi connectivity index (χ0) is 7.90. The van der Waals surface area contributed by atoms with E-state index in [9.17, 15) is 5.11 Å². The number of thioether (sulfide) groups is 1. The molecule has 0 aliphatic heterocycles. The van der Waals surface area contributed by atoms with Gasteiger partial charge in [0.25, 0.3) is 0 Å². The van der Waals surface area contributed by atoms with E-state index in [0.717, 1.165) is 12.3 Å². The quantitative estimate of drug-likeness (QED) is 0.700. The van der Waals surface area contributed by atoms with Crippen molar-refractivity contribution in [3.8, 4) is 0 Å². The molecule has 2 rings (SSSR count). The lowest BCUT2D eigenvalue weighted by Gasteiger charge is -2.19. The highest BCUT2D eigenvalue weighted by molar-refractivity contribution is 8.00. The molecule has 2 aliphatic rings. The number of rotatable bonds is 4. The van der Waals surface area contributed by atoms with Gasteiger partial charge in [0.2, 0.25) is 0 Å². The van der Waals surface area contributed by atoms with Crippen molar-refractivity contribution in [1.82, 2.24) is 0 Å². The van der Waals surface area contributed by atoms with E-state index in [2.05, 4.69) is 6.26 Å². The Kier molecular flexibility index (Phi) is 1.92. The van der Waals surface area contributed by atoms with E-state index in [1.54, 1.807) is 0 Å². The fourth-order valence-electron chi connectivity index (χ4n) is 1.68. The molecule has 1 unspecified atom stereocenters. The molecule has 2 aliphatic carbocycles. The zero-order valence-corrected chi connectivity index (χ0v) is 7.86. The van der Waals surface area contributed by atoms with Crippen molar-refractivity contribution in [1.29, 1.82) is 0 Å². The monoisotopic (exact) mass is 172 g/mol. The summed E-state index contributed by atoms with van der Waals surface area (Å²) in [5.41, 5.74) is 0. The Morgan fingerprint density at radius 2 is 2.18 bits per heavy atom. The molecule has 0 radical (unpaired) electrons. The van der Waals surface area contributed by atoms with Crippen LogP contribution in [0, 0.1) is 5.92 Å². The maximum atomic E-state index is 9.83. The van der Waals surface area contributed by atoms with E-state index in [1.807, 2.05) is 11.8 Å². The lowest BCUT2D eigenvalue weighted by Crippen LogP contribution is -2.24. The summed E-state index contributed by atoms with van der Waals surface area (Å²) in [5, 5.41) is 9.83. The fourth-order valence-corrected chi connectivity index (χ4v) is 2.56. The predicted molar refractivity (Wildman–Crippen MR) is 48.8 cm³/mol. The molecular weight excluding hydrogens is 156 g/mol. The highest BCUT2D eigenvalue weighted by Crippen LogP contribution is 2.52. The first kappa shape index (κ1) is 7.93. The average molecular weight is 172 g/mol. The Bertz CT molecular complexity index is 150. The van der Waals surface area contributed by atoms with Crippen LogP contribution in [0.2, 0.25) is 0 Å². The second kappa shape index (κ2) is 2.67. The topological polar surface area (TPSA) is 20.2 Å². The summed E-state index contributed by atoms with van der Waals surface area (Å²) in [4.78, 5) is 0. The second-order valence-corrected chi connectivity index (χ2v) is 5.19. The molecule has 1 N–H and O–H groups in total. The van der Waals surface area contributed by atoms with Gasteiger partial charge in [0, 0.05) is 4.75 Å². The van der Waals surface area contributed by atoms with Crippen LogP contribution in [0.15, 0.2) is 0 Å². The summed E-state index contributed by atoms with van der Waals surface area (Å²) in [5.74, 6) is 0.870. The highest BCUT2D eigenvalue weighted by Gasteiger charge is 2.49. The molecule has 2 heteroatoms. The molecule has 0 aromatic heterocycles. The SMILES string of the molecule is CSC1(C(O)CC2CC2)CC1. The molecule has 64 valence electrons. The zero-order valence-electron chi connectivity index (χ0n) is 7.05. The molecule has 0 aromatic carbocycles. The molecule has 11 heavy (non-hydrogen) atoms. The van der Waals surface area contributed by atoms with Gasteiger partial charge in [-0.15, -0.1) is 0 Å². The van der Waals surface area contributed by atoms with E-state index in [4.69, 9.17) is 0 Å². The summed E-state index contributed by atoms with van der Waals surface area (Å²) >= 11 is 1.87. The maximum absolute atomic E-state index is 9.83. The van der Waals surface area contributed by atoms with Gasteiger partial charge in [-0.2, -0.15) is 11.8 Å². The van der Waals surface area contributed by atoms with E-state index in [1.165, 1.54) is 25.7 Å². The Morgan fingerprint density at radius 3 is 2.55 bits per heavy atom. The molecule has 0 spiro atoms. The van der Waals surface area contributed by atoms with Crippen LogP contribution in [0.3, 0.4) is 0 Å². The first-order chi connectivity index (χ1) is 5.27. The molecule has 1 atom stereocenters. The van der Waals surface area contributed by atoms with Crippen LogP contribution in [-0.2, 0) is 0 Å². The van der Waals surface area contributed by atoms with Crippen LogP contribution < -0.4 is 0 Å². The molecule has 0 bridgehead atoms. The Hall–Kier alpha value is 0.310. The molecule has 0 aromatic rings. The second-order valence-electron chi connectivity index (χ2n) is 3.96. The van der Waals surface area contributed by atoms with Crippen molar-refractivity contribution in [2.75, 3.05) is 6.26 Å². The van der Waals surface area contributed by atoms with Gasteiger partial charge in [0.15, 0.2) is 0 Å². The standard InChI is InChI=1S/C9H16OS/c1-11-9(4-5-9)8(10)6-7-2-3-7/h7-8,10H,2-6H2,1H3. The summed E-state index contributed by atoms with van der Waals surface area (Å²) in [6, 6.07) is 0. The minimum Gasteiger partial charge on any atom is -0.392 e. The van der Waals surface area contributed by atoms with Gasteiger partial charge in [-0.3, -0.25) is 0 Å². The molecule has 0 heterocycles. The lowest BCUT2D eigenvalue weighted by molar-refractivity contribution is 0.147. The van der Waals surface area contributed by atoms with Crippen molar-refractivity contribution in [3.05, 3.63) is 0 Å². The van der Waals surface area contributed by atoms with Crippen molar-refractivity contribution >= 4 is 11.8 Å². The summed E-state index contributed by atoms with van der Waals surface area (Å²) in [6.07, 6.45) is 8.39. The van der Waals surface area contributed by atoms with Crippen LogP contribution in [0.1, 0.15) is 32.1 Å². The van der Waals surface area contributed by atoms with Crippen LogP contribution in [0.25, 0.3) is 0 Å². The van der Waals surface area contributed by atoms with Crippen molar-refractivity contribution < 1.29 is 5.11 Å². The summed E-state index contributed by atoms with van der Waals surface area (Å²) in [6.45, 7) is 0. The minimum atomic E-state index is -0.00926. The largest absolute Gasteiger partial charge is 0.392 e. The van der Waals surface area contributed by atoms with Crippen molar-refractivity contribution in [2.24, 2.45) is 5.92 Å². The van der Waals surface area contributed by atoms with E-state index >= 15 is 0 Å². The molecule has 0 saturated heterocycles. The number of aliphatic hydroxyl groups excluding tert-OH is 1. The van der Waals surface area contributed by atoms with E-state index in [-0.39, 0.29) is 6.10 Å². The first-order valence-corrected chi connectivity index (χ1v) is 5.72. The van der Waals surface area contributed by atoms with Gasteiger partial charge >= 0.3 is 0 Å². The van der Waals surface area contributed by atoms with Crippen LogP contribution >= 0.6 is 11.8 Å². The van der Waals surface area contributed by atoms with Gasteiger partial charge in [-0.1, -0.05) is 12.8 Å². The Morgan fingerprint density at radius 1 is 1.55 bits per heavy atom. The van der Waals surface area contributed by atoms with Crippen molar-refractivity contribution in [3.63, 3.8) is 0 Å². The molecular formula is C9H16OS.